The molecule has 0 saturated carbocycles. The van der Waals surface area contributed by atoms with Crippen LogP contribution in [0.1, 0.15) is 31.2 Å². The predicted octanol–water partition coefficient (Wildman–Crippen LogP) is 1.76. The van der Waals surface area contributed by atoms with Gasteiger partial charge in [-0.15, -0.1) is 0 Å². The Morgan fingerprint density at radius 2 is 2.50 bits per heavy atom. The fourth-order valence-corrected chi connectivity index (χ4v) is 2.34. The van der Waals surface area contributed by atoms with Gasteiger partial charge < -0.3 is 9.15 Å². The van der Waals surface area contributed by atoms with Crippen LogP contribution in [0.5, 0.6) is 0 Å². The van der Waals surface area contributed by atoms with Crippen LogP contribution >= 0.6 is 0 Å². The van der Waals surface area contributed by atoms with Gasteiger partial charge in [-0.2, -0.15) is 0 Å². The Kier molecular flexibility index (Phi) is 4.36. The minimum atomic E-state index is -0.0703. The molecule has 5 heteroatoms. The molecular weight excluding hydrogens is 232 g/mol. The number of hydrogen-bond donors (Lipinski definition) is 0. The number of carbonyl (C=O) groups excluding carboxylic acids is 1. The van der Waals surface area contributed by atoms with Crippen LogP contribution in [0.3, 0.4) is 0 Å². The van der Waals surface area contributed by atoms with E-state index >= 15 is 0 Å². The standard InChI is InChI=1S/C13H20N2O3/c1-3-17-13(16)11-5-4-6-15(7-11)8-12-10(2)18-9-14-12/h9,11H,3-8H2,1-2H3. The van der Waals surface area contributed by atoms with Crippen LogP contribution in [0.25, 0.3) is 0 Å². The van der Waals surface area contributed by atoms with Gasteiger partial charge >= 0.3 is 5.97 Å². The van der Waals surface area contributed by atoms with E-state index in [1.807, 2.05) is 13.8 Å². The van der Waals surface area contributed by atoms with Crippen molar-refractivity contribution in [3.63, 3.8) is 0 Å². The highest BCUT2D eigenvalue weighted by atomic mass is 16.5. The molecule has 1 aliphatic heterocycles. The van der Waals surface area contributed by atoms with E-state index in [0.29, 0.717) is 6.61 Å². The third-order valence-corrected chi connectivity index (χ3v) is 3.34. The van der Waals surface area contributed by atoms with Crippen LogP contribution in [0.4, 0.5) is 0 Å². The maximum atomic E-state index is 11.7. The Balaban J connectivity index is 1.91. The van der Waals surface area contributed by atoms with Crippen LogP contribution in [-0.2, 0) is 16.1 Å². The van der Waals surface area contributed by atoms with Crippen molar-refractivity contribution in [1.82, 2.24) is 9.88 Å². The smallest absolute Gasteiger partial charge is 0.310 e. The van der Waals surface area contributed by atoms with E-state index in [-0.39, 0.29) is 11.9 Å². The molecule has 0 spiro atoms. The number of oxazole rings is 1. The molecule has 0 bridgehead atoms. The third kappa shape index (κ3) is 3.10. The number of hydrogen-bond acceptors (Lipinski definition) is 5. The molecule has 0 aromatic carbocycles. The molecule has 1 unspecified atom stereocenters. The molecule has 18 heavy (non-hydrogen) atoms. The SMILES string of the molecule is CCOC(=O)C1CCCN(Cc2ncoc2C)C1. The lowest BCUT2D eigenvalue weighted by atomic mass is 9.98. The number of nitrogens with zero attached hydrogens (tertiary/aromatic N) is 2. The zero-order valence-corrected chi connectivity index (χ0v) is 11.0. The molecule has 1 atom stereocenters. The summed E-state index contributed by atoms with van der Waals surface area (Å²) in [6.45, 7) is 6.72. The summed E-state index contributed by atoms with van der Waals surface area (Å²) in [5.74, 6) is 0.790. The van der Waals surface area contributed by atoms with Gasteiger partial charge in [0.15, 0.2) is 6.39 Å². The quantitative estimate of drug-likeness (QED) is 0.764. The molecule has 1 saturated heterocycles. The summed E-state index contributed by atoms with van der Waals surface area (Å²) in [6, 6.07) is 0. The average Bonchev–Trinajstić information content (AvgIpc) is 2.76. The van der Waals surface area contributed by atoms with Crippen molar-refractivity contribution in [1.29, 1.82) is 0 Å². The molecule has 100 valence electrons. The molecule has 0 amide bonds. The summed E-state index contributed by atoms with van der Waals surface area (Å²) >= 11 is 0. The first-order valence-electron chi connectivity index (χ1n) is 6.48. The van der Waals surface area contributed by atoms with Gasteiger partial charge in [0.05, 0.1) is 18.2 Å². The van der Waals surface area contributed by atoms with E-state index in [4.69, 9.17) is 9.15 Å². The lowest BCUT2D eigenvalue weighted by Gasteiger charge is -2.30. The van der Waals surface area contributed by atoms with E-state index in [9.17, 15) is 4.79 Å². The van der Waals surface area contributed by atoms with Crippen LogP contribution in [0.15, 0.2) is 10.8 Å². The summed E-state index contributed by atoms with van der Waals surface area (Å²) in [7, 11) is 0. The highest BCUT2D eigenvalue weighted by molar-refractivity contribution is 5.72. The fraction of sp³-hybridized carbons (Fsp3) is 0.692. The number of esters is 1. The lowest BCUT2D eigenvalue weighted by Crippen LogP contribution is -2.39. The molecule has 1 fully saturated rings. The lowest BCUT2D eigenvalue weighted by molar-refractivity contribution is -0.150. The van der Waals surface area contributed by atoms with Crippen molar-refractivity contribution in [2.24, 2.45) is 5.92 Å². The van der Waals surface area contributed by atoms with Crippen molar-refractivity contribution in [3.8, 4) is 0 Å². The molecule has 0 radical (unpaired) electrons. The molecule has 1 aliphatic rings. The van der Waals surface area contributed by atoms with E-state index in [0.717, 1.165) is 43.9 Å². The second kappa shape index (κ2) is 6.00. The summed E-state index contributed by atoms with van der Waals surface area (Å²) < 4.78 is 10.3. The monoisotopic (exact) mass is 252 g/mol. The summed E-state index contributed by atoms with van der Waals surface area (Å²) in [5, 5.41) is 0. The second-order valence-electron chi connectivity index (χ2n) is 4.68. The van der Waals surface area contributed by atoms with E-state index in [1.54, 1.807) is 0 Å². The molecule has 1 aromatic rings. The molecule has 2 heterocycles. The Morgan fingerprint density at radius 1 is 1.67 bits per heavy atom. The average molecular weight is 252 g/mol. The zero-order valence-electron chi connectivity index (χ0n) is 11.0. The first-order valence-corrected chi connectivity index (χ1v) is 6.48. The van der Waals surface area contributed by atoms with E-state index in [2.05, 4.69) is 9.88 Å². The highest BCUT2D eigenvalue weighted by Crippen LogP contribution is 2.20. The Labute approximate surface area is 107 Å². The summed E-state index contributed by atoms with van der Waals surface area (Å²) in [6.07, 6.45) is 3.42. The maximum absolute atomic E-state index is 11.7. The molecule has 5 nitrogen and oxygen atoms in total. The minimum absolute atomic E-state index is 0.00547. The third-order valence-electron chi connectivity index (χ3n) is 3.34. The second-order valence-corrected chi connectivity index (χ2v) is 4.68. The van der Waals surface area contributed by atoms with Crippen LogP contribution in [-0.4, -0.2) is 35.5 Å². The van der Waals surface area contributed by atoms with Crippen LogP contribution in [0.2, 0.25) is 0 Å². The van der Waals surface area contributed by atoms with Gasteiger partial charge in [0.25, 0.3) is 0 Å². The van der Waals surface area contributed by atoms with Gasteiger partial charge in [0.1, 0.15) is 5.76 Å². The number of aromatic nitrogens is 1. The van der Waals surface area contributed by atoms with Crippen molar-refractivity contribution >= 4 is 5.97 Å². The highest BCUT2D eigenvalue weighted by Gasteiger charge is 2.27. The number of piperidine rings is 1. The molecule has 1 aromatic heterocycles. The molecule has 2 rings (SSSR count). The Hall–Kier alpha value is -1.36. The van der Waals surface area contributed by atoms with Crippen molar-refractivity contribution in [2.75, 3.05) is 19.7 Å². The summed E-state index contributed by atoms with van der Waals surface area (Å²) in [5.41, 5.74) is 0.958. The Morgan fingerprint density at radius 3 is 3.17 bits per heavy atom. The molecule has 0 N–H and O–H groups in total. The number of ether oxygens (including phenoxy) is 1. The maximum Gasteiger partial charge on any atom is 0.310 e. The number of rotatable bonds is 4. The van der Waals surface area contributed by atoms with Crippen molar-refractivity contribution in [3.05, 3.63) is 17.8 Å². The number of aryl methyl sites for hydroxylation is 1. The van der Waals surface area contributed by atoms with Gasteiger partial charge in [0.2, 0.25) is 0 Å². The normalized spacial score (nSPS) is 20.9. The Bertz CT molecular complexity index is 403. The van der Waals surface area contributed by atoms with E-state index < -0.39 is 0 Å². The minimum Gasteiger partial charge on any atom is -0.466 e. The van der Waals surface area contributed by atoms with Gasteiger partial charge in [0, 0.05) is 13.1 Å². The van der Waals surface area contributed by atoms with Crippen molar-refractivity contribution < 1.29 is 13.9 Å². The van der Waals surface area contributed by atoms with Gasteiger partial charge in [-0.1, -0.05) is 0 Å². The molecular formula is C13H20N2O3. The van der Waals surface area contributed by atoms with Crippen LogP contribution in [0, 0.1) is 12.8 Å². The zero-order chi connectivity index (χ0) is 13.0. The largest absolute Gasteiger partial charge is 0.466 e. The van der Waals surface area contributed by atoms with Gasteiger partial charge in [-0.25, -0.2) is 4.98 Å². The fourth-order valence-electron chi connectivity index (χ4n) is 2.34. The van der Waals surface area contributed by atoms with Gasteiger partial charge in [-0.05, 0) is 33.2 Å². The first kappa shape index (κ1) is 13.1. The topological polar surface area (TPSA) is 55.6 Å². The predicted molar refractivity (Wildman–Crippen MR) is 65.9 cm³/mol. The molecule has 0 aliphatic carbocycles. The van der Waals surface area contributed by atoms with Gasteiger partial charge in [-0.3, -0.25) is 9.69 Å². The summed E-state index contributed by atoms with van der Waals surface area (Å²) in [4.78, 5) is 18.2. The number of likely N-dealkylation sites (tertiary alicyclic amines) is 1. The van der Waals surface area contributed by atoms with Crippen LogP contribution < -0.4 is 0 Å². The van der Waals surface area contributed by atoms with E-state index in [1.165, 1.54) is 6.39 Å². The number of carbonyl (C=O) groups is 1. The first-order chi connectivity index (χ1) is 8.70. The van der Waals surface area contributed by atoms with Crippen molar-refractivity contribution in [2.45, 2.75) is 33.2 Å².